The van der Waals surface area contributed by atoms with E-state index in [0.29, 0.717) is 33.3 Å². The summed E-state index contributed by atoms with van der Waals surface area (Å²) in [6.07, 6.45) is 2.18. The van der Waals surface area contributed by atoms with Gasteiger partial charge in [0.1, 0.15) is 23.6 Å². The molecule has 0 saturated carbocycles. The molecular formula is C28H27BrClF3N4O6S. The average molecular weight is 720 g/mol. The molecule has 0 aliphatic heterocycles. The number of imidazole rings is 1. The zero-order valence-corrected chi connectivity index (χ0v) is 26.6. The van der Waals surface area contributed by atoms with E-state index >= 15 is 0 Å². The number of unbranched alkanes of at least 4 members (excludes halogenated alkanes) is 1. The van der Waals surface area contributed by atoms with E-state index in [1.165, 1.54) is 24.3 Å². The molecule has 0 spiro atoms. The predicted molar refractivity (Wildman–Crippen MR) is 162 cm³/mol. The third kappa shape index (κ3) is 7.21. The highest BCUT2D eigenvalue weighted by atomic mass is 79.9. The number of carbonyl (C=O) groups excluding carboxylic acids is 2. The molecule has 44 heavy (non-hydrogen) atoms. The molecule has 0 radical (unpaired) electrons. The molecule has 0 saturated heterocycles. The number of aryl methyl sites for hydroxylation is 1. The van der Waals surface area contributed by atoms with Crippen molar-refractivity contribution in [3.8, 4) is 11.3 Å². The largest absolute Gasteiger partial charge is 0.516 e. The molecule has 4 rings (SSSR count). The number of nitrogens with one attached hydrogen (secondary N) is 2. The summed E-state index contributed by atoms with van der Waals surface area (Å²) < 4.78 is 77.2. The maximum atomic E-state index is 13.1. The predicted octanol–water partition coefficient (Wildman–Crippen LogP) is 6.66. The molecule has 2 aromatic heterocycles. The monoisotopic (exact) mass is 718 g/mol. The van der Waals surface area contributed by atoms with Crippen molar-refractivity contribution >= 4 is 66.1 Å². The fourth-order valence-electron chi connectivity index (χ4n) is 4.37. The highest BCUT2D eigenvalue weighted by molar-refractivity contribution is 9.10. The second-order valence-electron chi connectivity index (χ2n) is 9.52. The van der Waals surface area contributed by atoms with Crippen molar-refractivity contribution in [2.45, 2.75) is 45.2 Å². The quantitative estimate of drug-likeness (QED) is 0.157. The van der Waals surface area contributed by atoms with Crippen LogP contribution in [0.1, 0.15) is 48.6 Å². The number of nitrogens with zero attached hydrogens (tertiary/aromatic N) is 2. The lowest BCUT2D eigenvalue weighted by molar-refractivity contribution is -0.141. The lowest BCUT2D eigenvalue weighted by atomic mass is 10.1. The molecule has 0 aliphatic carbocycles. The number of esters is 1. The van der Waals surface area contributed by atoms with Gasteiger partial charge in [-0.05, 0) is 59.1 Å². The molecule has 0 atom stereocenters. The van der Waals surface area contributed by atoms with Gasteiger partial charge in [0.05, 0.1) is 16.8 Å². The number of fused-ring (bicyclic) bond motifs is 1. The van der Waals surface area contributed by atoms with E-state index in [-0.39, 0.29) is 47.6 Å². The van der Waals surface area contributed by atoms with Gasteiger partial charge < -0.3 is 19.0 Å². The first-order valence-electron chi connectivity index (χ1n) is 13.4. The van der Waals surface area contributed by atoms with Gasteiger partial charge >= 0.3 is 21.5 Å². The summed E-state index contributed by atoms with van der Waals surface area (Å²) in [4.78, 5) is 29.3. The summed E-state index contributed by atoms with van der Waals surface area (Å²) in [5.41, 5.74) is -4.62. The van der Waals surface area contributed by atoms with Crippen molar-refractivity contribution in [3.63, 3.8) is 0 Å². The zero-order chi connectivity index (χ0) is 32.2. The zero-order valence-electron chi connectivity index (χ0n) is 23.4. The maximum absolute atomic E-state index is 13.1. The van der Waals surface area contributed by atoms with Crippen LogP contribution in [0.25, 0.3) is 22.3 Å². The van der Waals surface area contributed by atoms with Crippen molar-refractivity contribution in [1.82, 2.24) is 14.9 Å². The van der Waals surface area contributed by atoms with Gasteiger partial charge in [0, 0.05) is 23.9 Å². The molecular weight excluding hydrogens is 693 g/mol. The SMILES string of the molecule is CCCCc1nc(Cl)c(C(=O)NCC(=O)OCC)n1Cc1ccc2oc(-c3ccccc3NS(=O)(=O)C(F)(F)F)c(Br)c2c1. The third-order valence-corrected chi connectivity index (χ3v) is 8.57. The minimum atomic E-state index is -5.68. The van der Waals surface area contributed by atoms with Crippen molar-refractivity contribution in [2.24, 2.45) is 0 Å². The Balaban J connectivity index is 1.71. The summed E-state index contributed by atoms with van der Waals surface area (Å²) in [6, 6.07) is 10.7. The van der Waals surface area contributed by atoms with Crippen LogP contribution < -0.4 is 10.0 Å². The van der Waals surface area contributed by atoms with Crippen LogP contribution >= 0.6 is 27.5 Å². The molecule has 1 amide bonds. The number of sulfonamides is 1. The van der Waals surface area contributed by atoms with Crippen LogP contribution in [-0.2, 0) is 32.5 Å². The first-order valence-corrected chi connectivity index (χ1v) is 16.0. The molecule has 2 N–H and O–H groups in total. The smallest absolute Gasteiger partial charge is 0.465 e. The molecule has 2 heterocycles. The first kappa shape index (κ1) is 33.3. The minimum Gasteiger partial charge on any atom is -0.465 e. The Labute approximate surface area is 264 Å². The summed E-state index contributed by atoms with van der Waals surface area (Å²) in [5, 5.41) is 3.03. The lowest BCUT2D eigenvalue weighted by Crippen LogP contribution is -2.32. The first-order chi connectivity index (χ1) is 20.8. The van der Waals surface area contributed by atoms with Crippen LogP contribution in [0.15, 0.2) is 51.4 Å². The number of amides is 1. The third-order valence-electron chi connectivity index (χ3n) is 6.42. The molecule has 236 valence electrons. The molecule has 10 nitrogen and oxygen atoms in total. The number of hydrogen-bond donors (Lipinski definition) is 2. The van der Waals surface area contributed by atoms with E-state index in [0.717, 1.165) is 12.8 Å². The number of hydrogen-bond acceptors (Lipinski definition) is 7. The van der Waals surface area contributed by atoms with Crippen molar-refractivity contribution in [3.05, 3.63) is 69.2 Å². The van der Waals surface area contributed by atoms with Gasteiger partial charge in [-0.15, -0.1) is 0 Å². The van der Waals surface area contributed by atoms with Crippen LogP contribution in [0.2, 0.25) is 5.15 Å². The Kier molecular flexibility index (Phi) is 10.3. The molecule has 0 aliphatic rings. The van der Waals surface area contributed by atoms with E-state index < -0.39 is 27.4 Å². The van der Waals surface area contributed by atoms with Crippen LogP contribution in [0.3, 0.4) is 0 Å². The number of furan rings is 1. The Morgan fingerprint density at radius 3 is 2.57 bits per heavy atom. The van der Waals surface area contributed by atoms with Crippen LogP contribution in [-0.4, -0.2) is 48.5 Å². The summed E-state index contributed by atoms with van der Waals surface area (Å²) in [7, 11) is -5.68. The van der Waals surface area contributed by atoms with Gasteiger partial charge in [-0.3, -0.25) is 14.3 Å². The molecule has 16 heteroatoms. The Morgan fingerprint density at radius 1 is 1.16 bits per heavy atom. The van der Waals surface area contributed by atoms with E-state index in [4.69, 9.17) is 20.8 Å². The number of anilines is 1. The average Bonchev–Trinajstić information content (AvgIpc) is 3.45. The van der Waals surface area contributed by atoms with E-state index in [1.807, 2.05) is 6.92 Å². The van der Waals surface area contributed by atoms with Gasteiger partial charge in [-0.25, -0.2) is 4.98 Å². The van der Waals surface area contributed by atoms with Crippen LogP contribution in [0.4, 0.5) is 18.9 Å². The van der Waals surface area contributed by atoms with Crippen LogP contribution in [0, 0.1) is 0 Å². The number of halogens is 5. The number of carbonyl (C=O) groups is 2. The Morgan fingerprint density at radius 2 is 1.89 bits per heavy atom. The maximum Gasteiger partial charge on any atom is 0.516 e. The number of aromatic nitrogens is 2. The lowest BCUT2D eigenvalue weighted by Gasteiger charge is -2.13. The Hall–Kier alpha value is -3.56. The molecule has 4 aromatic rings. The summed E-state index contributed by atoms with van der Waals surface area (Å²) in [6.45, 7) is 3.63. The molecule has 0 bridgehead atoms. The van der Waals surface area contributed by atoms with Gasteiger partial charge in [-0.2, -0.15) is 21.6 Å². The standard InChI is InChI=1S/C28H27BrClF3N4O6S/c1-3-5-10-21-35-26(30)24(27(39)34-14-22(38)42-4-2)37(21)15-16-11-12-20-18(13-16)23(29)25(43-20)17-8-6-7-9-19(17)36-44(40,41)28(31,32)33/h6-9,11-13,36H,3-5,10,14-15H2,1-2H3,(H,34,39). The number of benzene rings is 2. The Bertz CT molecular complexity index is 1810. The number of rotatable bonds is 12. The summed E-state index contributed by atoms with van der Waals surface area (Å²) >= 11 is 9.85. The van der Waals surface area contributed by atoms with E-state index in [9.17, 15) is 31.2 Å². The minimum absolute atomic E-state index is 0.0248. The second-order valence-corrected chi connectivity index (χ2v) is 12.3. The normalized spacial score (nSPS) is 12.0. The number of ether oxygens (including phenoxy) is 1. The molecule has 2 aromatic carbocycles. The van der Waals surface area contributed by atoms with Gasteiger partial charge in [0.2, 0.25) is 0 Å². The van der Waals surface area contributed by atoms with Crippen molar-refractivity contribution in [2.75, 3.05) is 17.9 Å². The highest BCUT2D eigenvalue weighted by Gasteiger charge is 2.46. The molecule has 0 unspecified atom stereocenters. The number of alkyl halides is 3. The fourth-order valence-corrected chi connectivity index (χ4v) is 5.84. The van der Waals surface area contributed by atoms with Gasteiger partial charge in [0.15, 0.2) is 10.9 Å². The van der Waals surface area contributed by atoms with Crippen molar-refractivity contribution < 1.29 is 40.3 Å². The number of para-hydroxylation sites is 1. The van der Waals surface area contributed by atoms with Crippen LogP contribution in [0.5, 0.6) is 0 Å². The van der Waals surface area contributed by atoms with Gasteiger partial charge in [0.25, 0.3) is 5.91 Å². The van der Waals surface area contributed by atoms with E-state index in [1.54, 1.807) is 34.4 Å². The summed E-state index contributed by atoms with van der Waals surface area (Å²) in [5.74, 6) is -0.542. The van der Waals surface area contributed by atoms with E-state index in [2.05, 4.69) is 26.2 Å². The second kappa shape index (κ2) is 13.6. The van der Waals surface area contributed by atoms with Gasteiger partial charge in [-0.1, -0.05) is 43.1 Å². The molecule has 0 fully saturated rings. The topological polar surface area (TPSA) is 133 Å². The highest BCUT2D eigenvalue weighted by Crippen LogP contribution is 2.42. The van der Waals surface area contributed by atoms with Crippen molar-refractivity contribution in [1.29, 1.82) is 0 Å². The fraction of sp³-hybridized carbons (Fsp3) is 0.321.